The molecular formula is C18H24N2O3S. The van der Waals surface area contributed by atoms with Crippen molar-refractivity contribution in [2.24, 2.45) is 0 Å². The normalized spacial score (nSPS) is 18.8. The van der Waals surface area contributed by atoms with E-state index < -0.39 is 0 Å². The second-order valence-corrected chi connectivity index (χ2v) is 6.99. The topological polar surface area (TPSA) is 54.7 Å². The molecule has 0 aromatic carbocycles. The molecule has 3 heterocycles. The molecule has 130 valence electrons. The summed E-state index contributed by atoms with van der Waals surface area (Å²) in [5, 5.41) is 5.22. The summed E-state index contributed by atoms with van der Waals surface area (Å²) in [6, 6.07) is 8.05. The second-order valence-electron chi connectivity index (χ2n) is 6.01. The Hall–Kier alpha value is -1.79. The molecule has 0 unspecified atom stereocenters. The fourth-order valence-corrected chi connectivity index (χ4v) is 4.06. The van der Waals surface area contributed by atoms with Gasteiger partial charge in [0.05, 0.1) is 12.1 Å². The number of furan rings is 1. The number of methoxy groups -OCH3 is 1. The summed E-state index contributed by atoms with van der Waals surface area (Å²) in [6.07, 6.45) is 2.81. The van der Waals surface area contributed by atoms with Crippen molar-refractivity contribution in [1.29, 1.82) is 0 Å². The van der Waals surface area contributed by atoms with Gasteiger partial charge in [0, 0.05) is 18.5 Å². The molecule has 2 amide bonds. The molecule has 0 spiro atoms. The predicted molar refractivity (Wildman–Crippen MR) is 94.0 cm³/mol. The van der Waals surface area contributed by atoms with Gasteiger partial charge in [0.15, 0.2) is 0 Å². The van der Waals surface area contributed by atoms with E-state index in [9.17, 15) is 4.79 Å². The van der Waals surface area contributed by atoms with Gasteiger partial charge in [0.2, 0.25) is 0 Å². The van der Waals surface area contributed by atoms with Gasteiger partial charge < -0.3 is 19.4 Å². The number of nitrogens with one attached hydrogen (secondary N) is 1. The first-order valence-electron chi connectivity index (χ1n) is 8.41. The molecule has 1 aliphatic heterocycles. The van der Waals surface area contributed by atoms with Gasteiger partial charge in [0.1, 0.15) is 18.1 Å². The fourth-order valence-electron chi connectivity index (χ4n) is 3.19. The average molecular weight is 348 g/mol. The summed E-state index contributed by atoms with van der Waals surface area (Å²) in [7, 11) is 1.65. The predicted octanol–water partition coefficient (Wildman–Crippen LogP) is 4.49. The van der Waals surface area contributed by atoms with E-state index in [0.717, 1.165) is 37.3 Å². The Morgan fingerprint density at radius 3 is 3.08 bits per heavy atom. The van der Waals surface area contributed by atoms with E-state index in [1.165, 1.54) is 4.88 Å². The zero-order valence-electron chi connectivity index (χ0n) is 14.2. The second kappa shape index (κ2) is 7.85. The van der Waals surface area contributed by atoms with Gasteiger partial charge in [-0.25, -0.2) is 4.79 Å². The lowest BCUT2D eigenvalue weighted by molar-refractivity contribution is 0.155. The molecule has 1 saturated heterocycles. The highest BCUT2D eigenvalue weighted by Crippen LogP contribution is 2.33. The first-order valence-corrected chi connectivity index (χ1v) is 9.29. The highest BCUT2D eigenvalue weighted by atomic mass is 32.1. The molecule has 0 saturated carbocycles. The molecule has 1 aliphatic rings. The molecule has 6 heteroatoms. The lowest BCUT2D eigenvalue weighted by atomic mass is 10.1. The summed E-state index contributed by atoms with van der Waals surface area (Å²) >= 11 is 1.68. The number of rotatable bonds is 6. The number of hydrogen-bond acceptors (Lipinski definition) is 4. The number of ether oxygens (including phenoxy) is 1. The Morgan fingerprint density at radius 1 is 1.50 bits per heavy atom. The van der Waals surface area contributed by atoms with E-state index in [1.807, 2.05) is 28.5 Å². The molecule has 0 bridgehead atoms. The number of amides is 2. The fraction of sp³-hybridized carbons (Fsp3) is 0.500. The lowest BCUT2D eigenvalue weighted by Gasteiger charge is -2.26. The van der Waals surface area contributed by atoms with E-state index >= 15 is 0 Å². The van der Waals surface area contributed by atoms with Crippen LogP contribution in [-0.2, 0) is 11.3 Å². The minimum atomic E-state index is -0.0116. The van der Waals surface area contributed by atoms with E-state index in [4.69, 9.17) is 9.15 Å². The van der Waals surface area contributed by atoms with Crippen molar-refractivity contribution in [3.8, 4) is 0 Å². The smallest absolute Gasteiger partial charge is 0.318 e. The van der Waals surface area contributed by atoms with E-state index in [1.54, 1.807) is 18.4 Å². The number of thiophene rings is 1. The van der Waals surface area contributed by atoms with Crippen molar-refractivity contribution < 1.29 is 13.9 Å². The minimum Gasteiger partial charge on any atom is -0.461 e. The highest BCUT2D eigenvalue weighted by Gasteiger charge is 2.33. The largest absolute Gasteiger partial charge is 0.461 e. The maximum absolute atomic E-state index is 12.8. The van der Waals surface area contributed by atoms with Crippen LogP contribution >= 0.6 is 11.3 Å². The van der Waals surface area contributed by atoms with E-state index in [0.29, 0.717) is 6.61 Å². The first-order chi connectivity index (χ1) is 11.7. The molecule has 2 aromatic rings. The third kappa shape index (κ3) is 3.65. The van der Waals surface area contributed by atoms with E-state index in [2.05, 4.69) is 18.3 Å². The van der Waals surface area contributed by atoms with Crippen molar-refractivity contribution in [1.82, 2.24) is 10.2 Å². The number of carbonyl (C=O) groups is 1. The van der Waals surface area contributed by atoms with Crippen LogP contribution in [0.4, 0.5) is 4.79 Å². The number of likely N-dealkylation sites (tertiary alicyclic amines) is 1. The van der Waals surface area contributed by atoms with Crippen LogP contribution in [0.3, 0.4) is 0 Å². The lowest BCUT2D eigenvalue weighted by Crippen LogP contribution is -2.40. The molecule has 1 N–H and O–H groups in total. The standard InChI is InChI=1S/C18H24N2O3S/c1-3-14(17-7-5-11-24-17)19-18(21)20-10-4-6-15(20)16-9-8-13(23-16)12-22-2/h5,7-9,11,14-15H,3-4,6,10,12H2,1-2H3,(H,19,21)/t14-,15+/m1/s1. The zero-order valence-corrected chi connectivity index (χ0v) is 15.0. The Bertz CT molecular complexity index is 653. The van der Waals surface area contributed by atoms with Crippen LogP contribution in [-0.4, -0.2) is 24.6 Å². The minimum absolute atomic E-state index is 0.0106. The SMILES string of the molecule is CC[C@@H](NC(=O)N1CCC[C@H]1c1ccc(COC)o1)c1cccs1. The van der Waals surface area contributed by atoms with Gasteiger partial charge in [-0.2, -0.15) is 0 Å². The Morgan fingerprint density at radius 2 is 2.38 bits per heavy atom. The van der Waals surface area contributed by atoms with Crippen molar-refractivity contribution in [2.45, 2.75) is 44.9 Å². The van der Waals surface area contributed by atoms with E-state index in [-0.39, 0.29) is 18.1 Å². The van der Waals surface area contributed by atoms with Gasteiger partial charge in [-0.1, -0.05) is 13.0 Å². The quantitative estimate of drug-likeness (QED) is 0.837. The zero-order chi connectivity index (χ0) is 16.9. The van der Waals surface area contributed by atoms with Crippen LogP contribution in [0, 0.1) is 0 Å². The van der Waals surface area contributed by atoms with Gasteiger partial charge >= 0.3 is 6.03 Å². The third-order valence-electron chi connectivity index (χ3n) is 4.40. The third-order valence-corrected chi connectivity index (χ3v) is 5.39. The Labute approximate surface area is 146 Å². The van der Waals surface area contributed by atoms with Gasteiger partial charge in [-0.05, 0) is 42.8 Å². The molecule has 0 radical (unpaired) electrons. The van der Waals surface area contributed by atoms with Crippen LogP contribution in [0.15, 0.2) is 34.1 Å². The number of urea groups is 1. The Kier molecular flexibility index (Phi) is 5.58. The molecule has 5 nitrogen and oxygen atoms in total. The van der Waals surface area contributed by atoms with Crippen LogP contribution in [0.25, 0.3) is 0 Å². The monoisotopic (exact) mass is 348 g/mol. The van der Waals surface area contributed by atoms with Gasteiger partial charge in [0.25, 0.3) is 0 Å². The Balaban J connectivity index is 1.68. The van der Waals surface area contributed by atoms with Crippen molar-refractivity contribution in [3.63, 3.8) is 0 Å². The van der Waals surface area contributed by atoms with Crippen LogP contribution in [0.1, 0.15) is 54.7 Å². The highest BCUT2D eigenvalue weighted by molar-refractivity contribution is 7.10. The average Bonchev–Trinajstić information content (AvgIpc) is 3.31. The molecule has 0 aliphatic carbocycles. The molecule has 2 aromatic heterocycles. The summed E-state index contributed by atoms with van der Waals surface area (Å²) in [5.74, 6) is 1.64. The van der Waals surface area contributed by atoms with Crippen molar-refractivity contribution in [3.05, 3.63) is 46.0 Å². The number of hydrogen-bond donors (Lipinski definition) is 1. The van der Waals surface area contributed by atoms with Crippen molar-refractivity contribution in [2.75, 3.05) is 13.7 Å². The summed E-state index contributed by atoms with van der Waals surface area (Å²) in [5.41, 5.74) is 0. The summed E-state index contributed by atoms with van der Waals surface area (Å²) < 4.78 is 10.9. The maximum atomic E-state index is 12.8. The van der Waals surface area contributed by atoms with Gasteiger partial charge in [-0.3, -0.25) is 0 Å². The summed E-state index contributed by atoms with van der Waals surface area (Å²) in [4.78, 5) is 15.9. The van der Waals surface area contributed by atoms with Crippen LogP contribution in [0.2, 0.25) is 0 Å². The maximum Gasteiger partial charge on any atom is 0.318 e. The number of nitrogens with zero attached hydrogens (tertiary/aromatic N) is 1. The molecular weight excluding hydrogens is 324 g/mol. The summed E-state index contributed by atoms with van der Waals surface area (Å²) in [6.45, 7) is 3.31. The van der Waals surface area contributed by atoms with Crippen LogP contribution < -0.4 is 5.32 Å². The molecule has 2 atom stereocenters. The molecule has 3 rings (SSSR count). The number of carbonyl (C=O) groups excluding carboxylic acids is 1. The van der Waals surface area contributed by atoms with Crippen molar-refractivity contribution >= 4 is 17.4 Å². The first kappa shape index (κ1) is 17.0. The molecule has 1 fully saturated rings. The molecule has 24 heavy (non-hydrogen) atoms. The van der Waals surface area contributed by atoms with Crippen LogP contribution in [0.5, 0.6) is 0 Å². The van der Waals surface area contributed by atoms with Gasteiger partial charge in [-0.15, -0.1) is 11.3 Å².